The fourth-order valence-electron chi connectivity index (χ4n) is 2.07. The van der Waals surface area contributed by atoms with Crippen LogP contribution in [0.1, 0.15) is 40.4 Å². The number of rotatable bonds is 2. The molecule has 0 spiro atoms. The molecule has 2 aromatic rings. The van der Waals surface area contributed by atoms with E-state index in [1.54, 1.807) is 0 Å². The van der Waals surface area contributed by atoms with Crippen LogP contribution in [-0.2, 0) is 12.0 Å². The summed E-state index contributed by atoms with van der Waals surface area (Å²) in [5, 5.41) is 0. The number of imidazole rings is 1. The molecule has 0 aromatic carbocycles. The number of hydrogen-bond acceptors (Lipinski definition) is 2. The highest BCUT2D eigenvalue weighted by Gasteiger charge is 2.23. The van der Waals surface area contributed by atoms with Crippen molar-refractivity contribution in [3.05, 3.63) is 24.2 Å². The van der Waals surface area contributed by atoms with Gasteiger partial charge in [0.15, 0.2) is 5.65 Å². The minimum Gasteiger partial charge on any atom is -0.312 e. The number of fused-ring (bicyclic) bond motifs is 1. The van der Waals surface area contributed by atoms with Crippen molar-refractivity contribution in [3.8, 4) is 0 Å². The highest BCUT2D eigenvalue weighted by Crippen LogP contribution is 2.26. The Kier molecular flexibility index (Phi) is 2.94. The molecule has 2 heterocycles. The summed E-state index contributed by atoms with van der Waals surface area (Å²) < 4.78 is 2.26. The van der Waals surface area contributed by atoms with E-state index in [-0.39, 0.29) is 5.41 Å². The lowest BCUT2D eigenvalue weighted by Gasteiger charge is -2.20. The number of nitrogens with zero attached hydrogens (tertiary/aromatic N) is 3. The van der Waals surface area contributed by atoms with Crippen molar-refractivity contribution in [1.29, 1.82) is 0 Å². The van der Waals surface area contributed by atoms with Gasteiger partial charge in [-0.2, -0.15) is 0 Å². The minimum absolute atomic E-state index is 0.0512. The largest absolute Gasteiger partial charge is 0.312 e. The molecule has 0 aliphatic heterocycles. The Morgan fingerprint density at radius 2 is 2.00 bits per heavy atom. The molecule has 0 saturated carbocycles. The third-order valence-electron chi connectivity index (χ3n) is 2.72. The Morgan fingerprint density at radius 1 is 1.29 bits per heavy atom. The van der Waals surface area contributed by atoms with E-state index in [4.69, 9.17) is 4.98 Å². The highest BCUT2D eigenvalue weighted by molar-refractivity contribution is 5.71. The molecule has 2 aromatic heterocycles. The summed E-state index contributed by atoms with van der Waals surface area (Å²) in [6.45, 7) is 12.0. The monoisotopic (exact) mass is 231 g/mol. The molecule has 0 saturated heterocycles. The van der Waals surface area contributed by atoms with Crippen molar-refractivity contribution in [1.82, 2.24) is 14.5 Å². The molecular weight excluding hydrogens is 210 g/mol. The Morgan fingerprint density at radius 3 is 2.59 bits per heavy atom. The van der Waals surface area contributed by atoms with E-state index in [1.807, 2.05) is 18.3 Å². The van der Waals surface area contributed by atoms with Gasteiger partial charge in [-0.25, -0.2) is 9.97 Å². The van der Waals surface area contributed by atoms with Crippen LogP contribution in [0.5, 0.6) is 0 Å². The Labute approximate surface area is 103 Å². The lowest BCUT2D eigenvalue weighted by Crippen LogP contribution is -2.20. The fraction of sp³-hybridized carbons (Fsp3) is 0.571. The zero-order valence-corrected chi connectivity index (χ0v) is 11.4. The molecule has 0 N–H and O–H groups in total. The van der Waals surface area contributed by atoms with Gasteiger partial charge in [-0.05, 0) is 18.1 Å². The van der Waals surface area contributed by atoms with E-state index in [2.05, 4.69) is 44.2 Å². The minimum atomic E-state index is 0.0512. The third-order valence-corrected chi connectivity index (χ3v) is 2.72. The standard InChI is InChI=1S/C14H21N3/c1-10(2)9-17-12-11(7-6-8-15-12)16-13(17)14(3,4)5/h6-8,10H,9H2,1-5H3. The van der Waals surface area contributed by atoms with E-state index < -0.39 is 0 Å². The molecule has 3 heteroatoms. The van der Waals surface area contributed by atoms with Crippen molar-refractivity contribution in [3.63, 3.8) is 0 Å². The van der Waals surface area contributed by atoms with E-state index in [9.17, 15) is 0 Å². The Hall–Kier alpha value is -1.38. The van der Waals surface area contributed by atoms with E-state index in [0.29, 0.717) is 5.92 Å². The second kappa shape index (κ2) is 4.13. The van der Waals surface area contributed by atoms with Crippen LogP contribution in [-0.4, -0.2) is 14.5 Å². The third kappa shape index (κ3) is 2.33. The molecule has 0 aliphatic rings. The predicted molar refractivity (Wildman–Crippen MR) is 71.1 cm³/mol. The summed E-state index contributed by atoms with van der Waals surface area (Å²) in [4.78, 5) is 9.21. The molecule has 3 nitrogen and oxygen atoms in total. The summed E-state index contributed by atoms with van der Waals surface area (Å²) >= 11 is 0. The summed E-state index contributed by atoms with van der Waals surface area (Å²) in [5.74, 6) is 1.72. The zero-order valence-electron chi connectivity index (χ0n) is 11.4. The molecule has 0 radical (unpaired) electrons. The second-order valence-electron chi connectivity index (χ2n) is 6.04. The maximum atomic E-state index is 4.74. The molecule has 0 atom stereocenters. The van der Waals surface area contributed by atoms with Crippen molar-refractivity contribution < 1.29 is 0 Å². The van der Waals surface area contributed by atoms with Gasteiger partial charge < -0.3 is 4.57 Å². The highest BCUT2D eigenvalue weighted by atomic mass is 15.1. The van der Waals surface area contributed by atoms with Crippen LogP contribution in [0.15, 0.2) is 18.3 Å². The van der Waals surface area contributed by atoms with Gasteiger partial charge in [0.1, 0.15) is 11.3 Å². The van der Waals surface area contributed by atoms with Crippen molar-refractivity contribution >= 4 is 11.2 Å². The number of hydrogen-bond donors (Lipinski definition) is 0. The molecule has 0 bridgehead atoms. The summed E-state index contributed by atoms with van der Waals surface area (Å²) in [6.07, 6.45) is 1.84. The van der Waals surface area contributed by atoms with Crippen LogP contribution < -0.4 is 0 Å². The lowest BCUT2D eigenvalue weighted by molar-refractivity contribution is 0.457. The quantitative estimate of drug-likeness (QED) is 0.793. The maximum Gasteiger partial charge on any atom is 0.160 e. The van der Waals surface area contributed by atoms with E-state index in [1.165, 1.54) is 0 Å². The first kappa shape index (κ1) is 12.1. The first-order valence-corrected chi connectivity index (χ1v) is 6.21. The van der Waals surface area contributed by atoms with Gasteiger partial charge in [-0.1, -0.05) is 34.6 Å². The summed E-state index contributed by atoms with van der Waals surface area (Å²) in [6, 6.07) is 3.98. The van der Waals surface area contributed by atoms with Gasteiger partial charge in [0.05, 0.1) is 0 Å². The van der Waals surface area contributed by atoms with Crippen LogP contribution in [0.25, 0.3) is 11.2 Å². The van der Waals surface area contributed by atoms with Crippen molar-refractivity contribution in [2.45, 2.75) is 46.6 Å². The molecule has 0 amide bonds. The van der Waals surface area contributed by atoms with Gasteiger partial charge in [0.2, 0.25) is 0 Å². The molecule has 92 valence electrons. The van der Waals surface area contributed by atoms with Crippen LogP contribution in [0.2, 0.25) is 0 Å². The average molecular weight is 231 g/mol. The van der Waals surface area contributed by atoms with Gasteiger partial charge in [0, 0.05) is 18.2 Å². The molecule has 0 fully saturated rings. The molecule has 2 rings (SSSR count). The fourth-order valence-corrected chi connectivity index (χ4v) is 2.07. The van der Waals surface area contributed by atoms with Crippen molar-refractivity contribution in [2.75, 3.05) is 0 Å². The molecule has 17 heavy (non-hydrogen) atoms. The lowest BCUT2D eigenvalue weighted by atomic mass is 9.95. The maximum absolute atomic E-state index is 4.74. The predicted octanol–water partition coefficient (Wildman–Crippen LogP) is 3.38. The normalized spacial score (nSPS) is 12.6. The SMILES string of the molecule is CC(C)Cn1c(C(C)(C)C)nc2cccnc21. The topological polar surface area (TPSA) is 30.7 Å². The number of aromatic nitrogens is 3. The van der Waals surface area contributed by atoms with Crippen LogP contribution >= 0.6 is 0 Å². The molecule has 0 unspecified atom stereocenters. The molecule has 0 aliphatic carbocycles. The van der Waals surface area contributed by atoms with Gasteiger partial charge in [-0.3, -0.25) is 0 Å². The first-order chi connectivity index (χ1) is 7.89. The van der Waals surface area contributed by atoms with Gasteiger partial charge in [-0.15, -0.1) is 0 Å². The molecular formula is C14H21N3. The average Bonchev–Trinajstić information content (AvgIpc) is 2.56. The second-order valence-corrected chi connectivity index (χ2v) is 6.04. The van der Waals surface area contributed by atoms with Gasteiger partial charge >= 0.3 is 0 Å². The summed E-state index contributed by atoms with van der Waals surface area (Å²) in [7, 11) is 0. The van der Waals surface area contributed by atoms with Crippen LogP contribution in [0.4, 0.5) is 0 Å². The Bertz CT molecular complexity index is 518. The smallest absolute Gasteiger partial charge is 0.160 e. The summed E-state index contributed by atoms with van der Waals surface area (Å²) in [5.41, 5.74) is 2.06. The first-order valence-electron chi connectivity index (χ1n) is 6.21. The Balaban J connectivity index is 2.65. The van der Waals surface area contributed by atoms with E-state index in [0.717, 1.165) is 23.5 Å². The number of pyridine rings is 1. The van der Waals surface area contributed by atoms with Gasteiger partial charge in [0.25, 0.3) is 0 Å². The van der Waals surface area contributed by atoms with E-state index >= 15 is 0 Å². The zero-order chi connectivity index (χ0) is 12.6. The van der Waals surface area contributed by atoms with Crippen molar-refractivity contribution in [2.24, 2.45) is 5.92 Å². The van der Waals surface area contributed by atoms with Crippen LogP contribution in [0, 0.1) is 5.92 Å². The van der Waals surface area contributed by atoms with Crippen LogP contribution in [0.3, 0.4) is 0 Å².